The number of nitrogens with two attached hydrogens (primary N) is 1. The van der Waals surface area contributed by atoms with Gasteiger partial charge in [0.15, 0.2) is 5.82 Å². The van der Waals surface area contributed by atoms with Crippen molar-refractivity contribution in [1.29, 1.82) is 0 Å². The van der Waals surface area contributed by atoms with E-state index in [1.54, 1.807) is 17.2 Å². The molecule has 1 aliphatic rings. The number of hydrogen-bond acceptors (Lipinski definition) is 5. The third-order valence-corrected chi connectivity index (χ3v) is 4.21. The monoisotopic (exact) mass is 341 g/mol. The highest BCUT2D eigenvalue weighted by Crippen LogP contribution is 2.22. The number of carbonyl (C=O) groups excluding carboxylic acids is 1. The number of anilines is 1. The molecule has 1 aromatic heterocycles. The van der Waals surface area contributed by atoms with Crippen LogP contribution in [0.2, 0.25) is 0 Å². The summed E-state index contributed by atoms with van der Waals surface area (Å²) >= 11 is 3.34. The summed E-state index contributed by atoms with van der Waals surface area (Å²) in [5.74, 6) is 5.78. The van der Waals surface area contributed by atoms with E-state index in [0.29, 0.717) is 11.4 Å². The molecule has 110 valence electrons. The molecule has 3 N–H and O–H groups in total. The topological polar surface area (TPSA) is 74.5 Å². The van der Waals surface area contributed by atoms with Crippen molar-refractivity contribution in [2.45, 2.75) is 18.9 Å². The van der Waals surface area contributed by atoms with Crippen molar-refractivity contribution in [2.75, 3.05) is 32.6 Å². The first-order valence-electron chi connectivity index (χ1n) is 6.60. The van der Waals surface area contributed by atoms with Crippen molar-refractivity contribution in [3.05, 3.63) is 22.3 Å². The molecule has 0 saturated carbocycles. The van der Waals surface area contributed by atoms with E-state index in [2.05, 4.69) is 38.3 Å². The largest absolute Gasteiger partial charge is 0.339 e. The Hall–Kier alpha value is -1.18. The molecule has 2 heterocycles. The van der Waals surface area contributed by atoms with E-state index in [1.165, 1.54) is 0 Å². The van der Waals surface area contributed by atoms with E-state index in [1.807, 2.05) is 7.05 Å². The minimum atomic E-state index is -0.0543. The quantitative estimate of drug-likeness (QED) is 0.640. The molecule has 0 atom stereocenters. The maximum atomic E-state index is 12.6. The maximum absolute atomic E-state index is 12.6. The molecule has 6 nitrogen and oxygen atoms in total. The molecule has 0 aromatic carbocycles. The summed E-state index contributed by atoms with van der Waals surface area (Å²) in [7, 11) is 3.95. The summed E-state index contributed by atoms with van der Waals surface area (Å²) in [6.45, 7) is 2.03. The van der Waals surface area contributed by atoms with Gasteiger partial charge in [-0.25, -0.2) is 10.8 Å². The number of hydrogen-bond donors (Lipinski definition) is 2. The third kappa shape index (κ3) is 3.28. The molecular weight excluding hydrogens is 322 g/mol. The van der Waals surface area contributed by atoms with Crippen LogP contribution in [-0.2, 0) is 0 Å². The first-order chi connectivity index (χ1) is 9.52. The number of rotatable bonds is 3. The Kier molecular flexibility index (Phi) is 4.95. The van der Waals surface area contributed by atoms with Crippen LogP contribution in [0.3, 0.4) is 0 Å². The van der Waals surface area contributed by atoms with Crippen LogP contribution in [0.15, 0.2) is 16.7 Å². The Morgan fingerprint density at radius 2 is 2.20 bits per heavy atom. The van der Waals surface area contributed by atoms with Crippen LogP contribution in [0.5, 0.6) is 0 Å². The second-order valence-electron chi connectivity index (χ2n) is 5.14. The standard InChI is InChI=1S/C13H20BrN5O/c1-18-5-3-10(4-6-18)19(2)13(20)11-7-9(14)8-16-12(11)17-15/h7-8,10H,3-6,15H2,1-2H3,(H,16,17). The molecule has 7 heteroatoms. The van der Waals surface area contributed by atoms with Crippen molar-refractivity contribution in [2.24, 2.45) is 5.84 Å². The second-order valence-corrected chi connectivity index (χ2v) is 6.06. The molecule has 0 spiro atoms. The fraction of sp³-hybridized carbons (Fsp3) is 0.538. The predicted molar refractivity (Wildman–Crippen MR) is 82.4 cm³/mol. The van der Waals surface area contributed by atoms with E-state index < -0.39 is 0 Å². The average Bonchev–Trinajstić information content (AvgIpc) is 2.46. The summed E-state index contributed by atoms with van der Waals surface area (Å²) in [6, 6.07) is 2.01. The summed E-state index contributed by atoms with van der Waals surface area (Å²) < 4.78 is 0.761. The Balaban J connectivity index is 2.16. The maximum Gasteiger partial charge on any atom is 0.257 e. The number of amides is 1. The van der Waals surface area contributed by atoms with Gasteiger partial charge in [-0.2, -0.15) is 0 Å². The minimum absolute atomic E-state index is 0.0543. The van der Waals surface area contributed by atoms with Crippen molar-refractivity contribution >= 4 is 27.7 Å². The van der Waals surface area contributed by atoms with Gasteiger partial charge in [0, 0.05) is 23.8 Å². The van der Waals surface area contributed by atoms with E-state index >= 15 is 0 Å². The summed E-state index contributed by atoms with van der Waals surface area (Å²) in [4.78, 5) is 20.8. The Morgan fingerprint density at radius 3 is 2.80 bits per heavy atom. The van der Waals surface area contributed by atoms with Gasteiger partial charge in [0.1, 0.15) is 0 Å². The van der Waals surface area contributed by atoms with Crippen LogP contribution in [0.1, 0.15) is 23.2 Å². The molecule has 1 aliphatic heterocycles. The molecule has 0 radical (unpaired) electrons. The lowest BCUT2D eigenvalue weighted by Crippen LogP contribution is -2.44. The number of nitrogens with one attached hydrogen (secondary N) is 1. The molecule has 1 saturated heterocycles. The number of hydrazine groups is 1. The molecule has 1 fully saturated rings. The minimum Gasteiger partial charge on any atom is -0.339 e. The highest BCUT2D eigenvalue weighted by Gasteiger charge is 2.26. The van der Waals surface area contributed by atoms with Crippen molar-refractivity contribution < 1.29 is 4.79 Å². The fourth-order valence-electron chi connectivity index (χ4n) is 2.46. The number of carbonyl (C=O) groups is 1. The van der Waals surface area contributed by atoms with Gasteiger partial charge in [0.05, 0.1) is 5.56 Å². The van der Waals surface area contributed by atoms with Crippen LogP contribution >= 0.6 is 15.9 Å². The first kappa shape index (κ1) is 15.2. The lowest BCUT2D eigenvalue weighted by molar-refractivity contribution is 0.0660. The molecule has 0 bridgehead atoms. The molecule has 20 heavy (non-hydrogen) atoms. The van der Waals surface area contributed by atoms with Gasteiger partial charge in [0.25, 0.3) is 5.91 Å². The number of nitrogen functional groups attached to an aromatic ring is 1. The van der Waals surface area contributed by atoms with Crippen LogP contribution in [-0.4, -0.2) is 53.9 Å². The van der Waals surface area contributed by atoms with Crippen LogP contribution in [0.4, 0.5) is 5.82 Å². The number of nitrogens with zero attached hydrogens (tertiary/aromatic N) is 3. The molecule has 0 unspecified atom stereocenters. The zero-order valence-corrected chi connectivity index (χ0v) is 13.4. The molecule has 1 aromatic rings. The van der Waals surface area contributed by atoms with Crippen LogP contribution in [0.25, 0.3) is 0 Å². The second kappa shape index (κ2) is 6.51. The molecule has 0 aliphatic carbocycles. The van der Waals surface area contributed by atoms with E-state index in [9.17, 15) is 4.79 Å². The van der Waals surface area contributed by atoms with Gasteiger partial charge in [-0.05, 0) is 55.0 Å². The zero-order valence-electron chi connectivity index (χ0n) is 11.8. The van der Waals surface area contributed by atoms with E-state index in [-0.39, 0.29) is 11.9 Å². The zero-order chi connectivity index (χ0) is 14.7. The van der Waals surface area contributed by atoms with E-state index in [0.717, 1.165) is 30.4 Å². The summed E-state index contributed by atoms with van der Waals surface area (Å²) in [5, 5.41) is 0. The lowest BCUT2D eigenvalue weighted by Gasteiger charge is -2.35. The number of likely N-dealkylation sites (tertiary alicyclic amines) is 1. The molecular formula is C13H20BrN5O. The number of piperidine rings is 1. The Labute approximate surface area is 127 Å². The Bertz CT molecular complexity index is 488. The molecule has 2 rings (SSSR count). The SMILES string of the molecule is CN1CCC(N(C)C(=O)c2cc(Br)cnc2NN)CC1. The average molecular weight is 342 g/mol. The highest BCUT2D eigenvalue weighted by atomic mass is 79.9. The predicted octanol–water partition coefficient (Wildman–Crippen LogP) is 1.30. The number of aromatic nitrogens is 1. The first-order valence-corrected chi connectivity index (χ1v) is 7.40. The van der Waals surface area contributed by atoms with E-state index in [4.69, 9.17) is 5.84 Å². The van der Waals surface area contributed by atoms with Gasteiger partial charge in [-0.15, -0.1) is 0 Å². The summed E-state index contributed by atoms with van der Waals surface area (Å²) in [5.41, 5.74) is 2.97. The normalized spacial score (nSPS) is 17.0. The fourth-order valence-corrected chi connectivity index (χ4v) is 2.79. The van der Waals surface area contributed by atoms with Gasteiger partial charge < -0.3 is 15.2 Å². The third-order valence-electron chi connectivity index (χ3n) is 3.78. The van der Waals surface area contributed by atoms with Gasteiger partial charge in [0.2, 0.25) is 0 Å². The molecule has 1 amide bonds. The summed E-state index contributed by atoms with van der Waals surface area (Å²) in [6.07, 6.45) is 3.60. The van der Waals surface area contributed by atoms with Gasteiger partial charge >= 0.3 is 0 Å². The van der Waals surface area contributed by atoms with Crippen LogP contribution < -0.4 is 11.3 Å². The smallest absolute Gasteiger partial charge is 0.257 e. The Morgan fingerprint density at radius 1 is 1.55 bits per heavy atom. The van der Waals surface area contributed by atoms with Gasteiger partial charge in [-0.1, -0.05) is 0 Å². The van der Waals surface area contributed by atoms with Crippen molar-refractivity contribution in [1.82, 2.24) is 14.8 Å². The number of halogens is 1. The van der Waals surface area contributed by atoms with Gasteiger partial charge in [-0.3, -0.25) is 4.79 Å². The van der Waals surface area contributed by atoms with Crippen molar-refractivity contribution in [3.63, 3.8) is 0 Å². The van der Waals surface area contributed by atoms with Crippen LogP contribution in [0, 0.1) is 0 Å². The highest BCUT2D eigenvalue weighted by molar-refractivity contribution is 9.10. The lowest BCUT2D eigenvalue weighted by atomic mass is 10.0. The van der Waals surface area contributed by atoms with Crippen molar-refractivity contribution in [3.8, 4) is 0 Å². The number of pyridine rings is 1.